The Hall–Kier alpha value is -4.57. The fourth-order valence-electron chi connectivity index (χ4n) is 6.18. The molecular weight excluding hydrogens is 542 g/mol. The van der Waals surface area contributed by atoms with Crippen molar-refractivity contribution in [2.24, 2.45) is 0 Å². The number of fused-ring (bicyclic) bond motifs is 12. The van der Waals surface area contributed by atoms with Crippen LogP contribution in [0.25, 0.3) is 33.0 Å². The second-order valence-electron chi connectivity index (χ2n) is 10.9. The van der Waals surface area contributed by atoms with E-state index in [-0.39, 0.29) is 11.8 Å². The first-order valence-corrected chi connectivity index (χ1v) is 14.7. The van der Waals surface area contributed by atoms with Crippen LogP contribution in [0.15, 0.2) is 85.5 Å². The largest absolute Gasteiger partial charge is 0.378 e. The lowest BCUT2D eigenvalue weighted by Crippen LogP contribution is -2.31. The van der Waals surface area contributed by atoms with Gasteiger partial charge in [-0.05, 0) is 29.8 Å². The van der Waals surface area contributed by atoms with E-state index in [2.05, 4.69) is 30.4 Å². The number of para-hydroxylation sites is 2. The van der Waals surface area contributed by atoms with Gasteiger partial charge in [-0.2, -0.15) is 0 Å². The first-order valence-electron chi connectivity index (χ1n) is 14.7. The summed E-state index contributed by atoms with van der Waals surface area (Å²) >= 11 is 0. The summed E-state index contributed by atoms with van der Waals surface area (Å²) in [5.74, 6) is -0.743. The number of benzene rings is 2. The summed E-state index contributed by atoms with van der Waals surface area (Å²) in [6.45, 7) is 5.72. The molecule has 0 atom stereocenters. The number of amides is 2. The van der Waals surface area contributed by atoms with Crippen LogP contribution in [-0.2, 0) is 38.7 Å². The van der Waals surface area contributed by atoms with Gasteiger partial charge in [-0.1, -0.05) is 36.4 Å². The molecule has 5 heterocycles. The maximum Gasteiger partial charge on any atom is 0.259 e. The van der Waals surface area contributed by atoms with Crippen LogP contribution in [0.3, 0.4) is 0 Å². The van der Waals surface area contributed by atoms with Crippen LogP contribution in [0.1, 0.15) is 16.7 Å². The van der Waals surface area contributed by atoms with Crippen molar-refractivity contribution in [1.82, 2.24) is 24.3 Å². The normalized spacial score (nSPS) is 17.5. The number of pyridine rings is 1. The molecule has 2 aliphatic heterocycles. The minimum Gasteiger partial charge on any atom is -0.378 e. The predicted octanol–water partition coefficient (Wildman–Crippen LogP) is 4.11. The van der Waals surface area contributed by atoms with Crippen LogP contribution >= 0.6 is 0 Å². The zero-order valence-corrected chi connectivity index (χ0v) is 23.9. The van der Waals surface area contributed by atoms with E-state index in [1.165, 1.54) is 5.56 Å². The molecule has 3 aromatic heterocycles. The van der Waals surface area contributed by atoms with E-state index < -0.39 is 0 Å². The smallest absolute Gasteiger partial charge is 0.259 e. The van der Waals surface area contributed by atoms with Gasteiger partial charge in [0.1, 0.15) is 0 Å². The monoisotopic (exact) mass is 575 g/mol. The van der Waals surface area contributed by atoms with Crippen LogP contribution < -0.4 is 5.32 Å². The topological polar surface area (TPSA) is 90.6 Å². The average molecular weight is 576 g/mol. The Bertz CT molecular complexity index is 1840. The first kappa shape index (κ1) is 27.3. The zero-order chi connectivity index (χ0) is 29.2. The molecule has 9 heteroatoms. The number of imide groups is 1. The van der Waals surface area contributed by atoms with E-state index in [0.29, 0.717) is 50.7 Å². The Morgan fingerprint density at radius 2 is 1.21 bits per heavy atom. The SMILES string of the molecule is O=C1NC(=O)C2=C1c1cn(c3ccccc13)CCOCCOCCN(Cc1ccncc1)CCn1cc2c2ccccc21. The summed E-state index contributed by atoms with van der Waals surface area (Å²) in [6.07, 6.45) is 7.63. The Morgan fingerprint density at radius 1 is 0.651 bits per heavy atom. The number of carbonyl (C=O) groups excluding carboxylic acids is 2. The van der Waals surface area contributed by atoms with E-state index >= 15 is 0 Å². The molecule has 0 aliphatic carbocycles. The molecule has 2 aliphatic rings. The minimum atomic E-state index is -0.373. The van der Waals surface area contributed by atoms with Crippen LogP contribution in [0.2, 0.25) is 0 Å². The van der Waals surface area contributed by atoms with Crippen molar-refractivity contribution in [1.29, 1.82) is 0 Å². The molecular formula is C34H33N5O4. The highest BCUT2D eigenvalue weighted by Gasteiger charge is 2.35. The molecule has 9 nitrogen and oxygen atoms in total. The van der Waals surface area contributed by atoms with Crippen molar-refractivity contribution >= 4 is 44.8 Å². The van der Waals surface area contributed by atoms with Gasteiger partial charge >= 0.3 is 0 Å². The lowest BCUT2D eigenvalue weighted by molar-refractivity contribution is -0.122. The lowest BCUT2D eigenvalue weighted by atomic mass is 9.95. The third-order valence-electron chi connectivity index (χ3n) is 8.26. The lowest BCUT2D eigenvalue weighted by Gasteiger charge is -2.23. The second-order valence-corrected chi connectivity index (χ2v) is 10.9. The summed E-state index contributed by atoms with van der Waals surface area (Å²) in [6, 6.07) is 20.1. The third-order valence-corrected chi connectivity index (χ3v) is 8.26. The molecule has 4 bridgehead atoms. The van der Waals surface area contributed by atoms with Gasteiger partial charge in [0.2, 0.25) is 0 Å². The Kier molecular flexibility index (Phi) is 7.59. The van der Waals surface area contributed by atoms with Crippen LogP contribution in [0.5, 0.6) is 0 Å². The van der Waals surface area contributed by atoms with Gasteiger partial charge < -0.3 is 18.6 Å². The van der Waals surface area contributed by atoms with Gasteiger partial charge in [0.05, 0.1) is 37.6 Å². The van der Waals surface area contributed by atoms with Crippen LogP contribution in [0, 0.1) is 0 Å². The number of nitrogens with zero attached hydrogens (tertiary/aromatic N) is 4. The molecule has 5 aromatic rings. The van der Waals surface area contributed by atoms with Crippen molar-refractivity contribution < 1.29 is 19.1 Å². The Morgan fingerprint density at radius 3 is 1.84 bits per heavy atom. The Labute approximate surface area is 249 Å². The molecule has 7 rings (SSSR count). The first-order chi connectivity index (χ1) is 21.2. The van der Waals surface area contributed by atoms with Crippen molar-refractivity contribution in [3.8, 4) is 0 Å². The van der Waals surface area contributed by atoms with Gasteiger partial charge in [0.15, 0.2) is 0 Å². The van der Waals surface area contributed by atoms with Gasteiger partial charge in [-0.25, -0.2) is 0 Å². The molecule has 0 fully saturated rings. The van der Waals surface area contributed by atoms with Gasteiger partial charge in [-0.15, -0.1) is 0 Å². The Balaban J connectivity index is 1.34. The fourth-order valence-corrected chi connectivity index (χ4v) is 6.18. The van der Waals surface area contributed by atoms with Crippen LogP contribution in [-0.4, -0.2) is 70.3 Å². The fraction of sp³-hybridized carbons (Fsp3) is 0.265. The minimum absolute atomic E-state index is 0.370. The molecule has 0 saturated heterocycles. The van der Waals surface area contributed by atoms with Crippen molar-refractivity contribution in [3.63, 3.8) is 0 Å². The predicted molar refractivity (Wildman–Crippen MR) is 165 cm³/mol. The highest BCUT2D eigenvalue weighted by atomic mass is 16.5. The van der Waals surface area contributed by atoms with Gasteiger partial charge in [0.25, 0.3) is 11.8 Å². The average Bonchev–Trinajstić information content (AvgIpc) is 3.67. The standard InChI is InChI=1S/C34H33N5O4/c40-33-31-27-22-38(29-7-3-1-5-25(27)29)14-13-37(21-24-9-11-35-12-10-24)15-17-42-19-20-43-18-16-39-23-28(32(31)34(41)36-33)26-6-2-4-8-30(26)39/h1-12,22-23H,13-21H2,(H,36,40,41). The summed E-state index contributed by atoms with van der Waals surface area (Å²) in [5.41, 5.74) is 5.53. The number of aromatic nitrogens is 3. The molecule has 218 valence electrons. The van der Waals surface area contributed by atoms with Gasteiger partial charge in [0, 0.05) is 90.4 Å². The number of rotatable bonds is 2. The number of nitrogens with one attached hydrogen (secondary N) is 1. The zero-order valence-electron chi connectivity index (χ0n) is 23.9. The maximum absolute atomic E-state index is 13.5. The highest BCUT2D eigenvalue weighted by molar-refractivity contribution is 6.50. The molecule has 43 heavy (non-hydrogen) atoms. The van der Waals surface area contributed by atoms with E-state index in [4.69, 9.17) is 9.47 Å². The van der Waals surface area contributed by atoms with E-state index in [1.54, 1.807) is 0 Å². The van der Waals surface area contributed by atoms with Gasteiger partial charge in [-0.3, -0.25) is 24.8 Å². The summed E-state index contributed by atoms with van der Waals surface area (Å²) in [5, 5.41) is 4.46. The number of ether oxygens (including phenoxy) is 2. The second kappa shape index (κ2) is 12.0. The van der Waals surface area contributed by atoms with E-state index in [1.807, 2.05) is 79.4 Å². The van der Waals surface area contributed by atoms with Crippen molar-refractivity contribution in [3.05, 3.63) is 102 Å². The van der Waals surface area contributed by atoms with E-state index in [9.17, 15) is 9.59 Å². The maximum atomic E-state index is 13.5. The van der Waals surface area contributed by atoms with Crippen LogP contribution in [0.4, 0.5) is 0 Å². The molecule has 0 radical (unpaired) electrons. The summed E-state index contributed by atoms with van der Waals surface area (Å²) in [4.78, 5) is 33.4. The summed E-state index contributed by atoms with van der Waals surface area (Å²) in [7, 11) is 0. The number of hydrogen-bond donors (Lipinski definition) is 1. The van der Waals surface area contributed by atoms with E-state index in [0.717, 1.165) is 52.6 Å². The molecule has 0 unspecified atom stereocenters. The number of hydrogen-bond acceptors (Lipinski definition) is 6. The molecule has 2 amide bonds. The number of carbonyl (C=O) groups is 2. The molecule has 0 spiro atoms. The molecule has 1 N–H and O–H groups in total. The van der Waals surface area contributed by atoms with Crippen molar-refractivity contribution in [2.45, 2.75) is 19.6 Å². The molecule has 2 aromatic carbocycles. The summed E-state index contributed by atoms with van der Waals surface area (Å²) < 4.78 is 16.2. The third kappa shape index (κ3) is 5.38. The van der Waals surface area contributed by atoms with Crippen molar-refractivity contribution in [2.75, 3.05) is 39.5 Å². The quantitative estimate of drug-likeness (QED) is 0.319. The highest BCUT2D eigenvalue weighted by Crippen LogP contribution is 2.39. The molecule has 0 saturated carbocycles.